The molecule has 0 saturated carbocycles. The van der Waals surface area contributed by atoms with Crippen molar-refractivity contribution in [3.05, 3.63) is 60.2 Å². The quantitative estimate of drug-likeness (QED) is 0.649. The molecule has 3 rings (SSSR count). The third kappa shape index (κ3) is 5.83. The third-order valence-electron chi connectivity index (χ3n) is 5.04. The molecule has 31 heavy (non-hydrogen) atoms. The molecule has 0 spiro atoms. The van der Waals surface area contributed by atoms with Gasteiger partial charge >= 0.3 is 0 Å². The lowest BCUT2D eigenvalue weighted by molar-refractivity contribution is -0.116. The molecule has 2 amide bonds. The van der Waals surface area contributed by atoms with Gasteiger partial charge in [0.25, 0.3) is 5.91 Å². The van der Waals surface area contributed by atoms with Gasteiger partial charge in [0, 0.05) is 13.2 Å². The average molecular weight is 446 g/mol. The number of nitrogens with zero attached hydrogens (tertiary/aromatic N) is 1. The van der Waals surface area contributed by atoms with E-state index in [1.807, 2.05) is 0 Å². The maximum atomic E-state index is 12.9. The SMILES string of the molecule is C[C@@H](C(=O)Nc1ccccc1C(=O)NC[C@H]1CCCO1)N(c1ccccc1)S(C)(=O)=O. The molecular weight excluding hydrogens is 418 g/mol. The molecule has 1 aliphatic rings. The molecule has 1 heterocycles. The molecule has 0 aliphatic carbocycles. The zero-order valence-corrected chi connectivity index (χ0v) is 18.4. The third-order valence-corrected chi connectivity index (χ3v) is 6.28. The number of rotatable bonds is 8. The lowest BCUT2D eigenvalue weighted by atomic mass is 10.1. The Morgan fingerprint density at radius 3 is 2.45 bits per heavy atom. The number of benzene rings is 2. The van der Waals surface area contributed by atoms with Gasteiger partial charge in [0.15, 0.2) is 0 Å². The summed E-state index contributed by atoms with van der Waals surface area (Å²) in [6, 6.07) is 14.0. The summed E-state index contributed by atoms with van der Waals surface area (Å²) in [5, 5.41) is 5.54. The Hall–Kier alpha value is -2.91. The maximum Gasteiger partial charge on any atom is 0.253 e. The van der Waals surface area contributed by atoms with Crippen molar-refractivity contribution in [1.82, 2.24) is 5.32 Å². The Balaban J connectivity index is 1.75. The van der Waals surface area contributed by atoms with Crippen LogP contribution in [0.25, 0.3) is 0 Å². The smallest absolute Gasteiger partial charge is 0.253 e. The van der Waals surface area contributed by atoms with Crippen LogP contribution < -0.4 is 14.9 Å². The van der Waals surface area contributed by atoms with Crippen molar-refractivity contribution in [2.75, 3.05) is 29.0 Å². The molecule has 166 valence electrons. The fraction of sp³-hybridized carbons (Fsp3) is 0.364. The minimum Gasteiger partial charge on any atom is -0.376 e. The monoisotopic (exact) mass is 445 g/mol. The first-order valence-electron chi connectivity index (χ1n) is 10.1. The highest BCUT2D eigenvalue weighted by Crippen LogP contribution is 2.22. The van der Waals surface area contributed by atoms with Crippen LogP contribution in [0.3, 0.4) is 0 Å². The van der Waals surface area contributed by atoms with Crippen LogP contribution in [0, 0.1) is 0 Å². The highest BCUT2D eigenvalue weighted by Gasteiger charge is 2.29. The van der Waals surface area contributed by atoms with Crippen molar-refractivity contribution in [2.45, 2.75) is 31.9 Å². The predicted molar refractivity (Wildman–Crippen MR) is 120 cm³/mol. The standard InChI is InChI=1S/C22H27N3O5S/c1-16(25(31(2,28)29)17-9-4-3-5-10-17)21(26)24-20-13-7-6-12-19(20)22(27)23-15-18-11-8-14-30-18/h3-7,9-10,12-13,16,18H,8,11,14-15H2,1-2H3,(H,23,27)(H,24,26)/t16-,18+/m0/s1. The van der Waals surface area contributed by atoms with Crippen LogP contribution in [0.5, 0.6) is 0 Å². The second-order valence-electron chi connectivity index (χ2n) is 7.45. The van der Waals surface area contributed by atoms with Gasteiger partial charge in [-0.1, -0.05) is 30.3 Å². The van der Waals surface area contributed by atoms with E-state index < -0.39 is 22.0 Å². The van der Waals surface area contributed by atoms with Crippen LogP contribution in [-0.4, -0.2) is 51.8 Å². The largest absolute Gasteiger partial charge is 0.376 e. The number of sulfonamides is 1. The summed E-state index contributed by atoms with van der Waals surface area (Å²) in [5.74, 6) is -0.879. The Kier molecular flexibility index (Phi) is 7.29. The predicted octanol–water partition coefficient (Wildman–Crippen LogP) is 2.39. The van der Waals surface area contributed by atoms with Crippen molar-refractivity contribution >= 4 is 33.2 Å². The molecule has 0 radical (unpaired) electrons. The van der Waals surface area contributed by atoms with Gasteiger partial charge in [-0.2, -0.15) is 0 Å². The minimum absolute atomic E-state index is 0.0000768. The number of carbonyl (C=O) groups excluding carboxylic acids is 2. The van der Waals surface area contributed by atoms with Gasteiger partial charge in [-0.3, -0.25) is 13.9 Å². The van der Waals surface area contributed by atoms with Crippen LogP contribution >= 0.6 is 0 Å². The van der Waals surface area contributed by atoms with Crippen LogP contribution in [0.1, 0.15) is 30.1 Å². The van der Waals surface area contributed by atoms with Gasteiger partial charge < -0.3 is 15.4 Å². The van der Waals surface area contributed by atoms with Crippen LogP contribution in [0.4, 0.5) is 11.4 Å². The summed E-state index contributed by atoms with van der Waals surface area (Å²) >= 11 is 0. The van der Waals surface area contributed by atoms with Crippen molar-refractivity contribution in [2.24, 2.45) is 0 Å². The lowest BCUT2D eigenvalue weighted by Gasteiger charge is -2.28. The van der Waals surface area contributed by atoms with Crippen molar-refractivity contribution in [3.63, 3.8) is 0 Å². The Morgan fingerprint density at radius 2 is 1.81 bits per heavy atom. The van der Waals surface area contributed by atoms with Gasteiger partial charge in [-0.15, -0.1) is 0 Å². The van der Waals surface area contributed by atoms with Crippen molar-refractivity contribution in [1.29, 1.82) is 0 Å². The van der Waals surface area contributed by atoms with E-state index in [4.69, 9.17) is 4.74 Å². The van der Waals surface area contributed by atoms with E-state index in [2.05, 4.69) is 10.6 Å². The van der Waals surface area contributed by atoms with Gasteiger partial charge in [-0.25, -0.2) is 8.42 Å². The maximum absolute atomic E-state index is 12.9. The number of hydrogen-bond acceptors (Lipinski definition) is 5. The van der Waals surface area contributed by atoms with Crippen LogP contribution in [0.2, 0.25) is 0 Å². The summed E-state index contributed by atoms with van der Waals surface area (Å²) in [4.78, 5) is 25.6. The van der Waals surface area contributed by atoms with E-state index in [0.29, 0.717) is 30.1 Å². The molecule has 0 aromatic heterocycles. The van der Waals surface area contributed by atoms with Crippen LogP contribution in [-0.2, 0) is 19.6 Å². The molecule has 2 aromatic rings. The number of para-hydroxylation sites is 2. The Bertz CT molecular complexity index is 1020. The van der Waals surface area contributed by atoms with Crippen LogP contribution in [0.15, 0.2) is 54.6 Å². The van der Waals surface area contributed by atoms with E-state index >= 15 is 0 Å². The number of carbonyl (C=O) groups is 2. The first-order chi connectivity index (χ1) is 14.8. The molecule has 2 N–H and O–H groups in total. The molecule has 1 fully saturated rings. The van der Waals surface area contributed by atoms with Gasteiger partial charge in [0.05, 0.1) is 29.3 Å². The van der Waals surface area contributed by atoms with Crippen molar-refractivity contribution < 1.29 is 22.7 Å². The molecule has 1 aliphatic heterocycles. The number of amides is 2. The lowest BCUT2D eigenvalue weighted by Crippen LogP contribution is -2.45. The summed E-state index contributed by atoms with van der Waals surface area (Å²) < 4.78 is 31.3. The first-order valence-corrected chi connectivity index (χ1v) is 12.0. The number of hydrogen-bond donors (Lipinski definition) is 2. The summed E-state index contributed by atoms with van der Waals surface area (Å²) in [6.07, 6.45) is 2.93. The van der Waals surface area contributed by atoms with E-state index in [1.165, 1.54) is 6.92 Å². The number of ether oxygens (including phenoxy) is 1. The fourth-order valence-corrected chi connectivity index (χ4v) is 4.69. The minimum atomic E-state index is -3.72. The number of nitrogens with one attached hydrogen (secondary N) is 2. The second kappa shape index (κ2) is 9.93. The zero-order valence-electron chi connectivity index (χ0n) is 17.6. The van der Waals surface area contributed by atoms with Gasteiger partial charge in [0.2, 0.25) is 15.9 Å². The fourth-order valence-electron chi connectivity index (χ4n) is 3.52. The van der Waals surface area contributed by atoms with Crippen molar-refractivity contribution in [3.8, 4) is 0 Å². The van der Waals surface area contributed by atoms with Gasteiger partial charge in [0.1, 0.15) is 6.04 Å². The van der Waals surface area contributed by atoms with E-state index in [-0.39, 0.29) is 12.0 Å². The highest BCUT2D eigenvalue weighted by molar-refractivity contribution is 7.92. The molecule has 9 heteroatoms. The highest BCUT2D eigenvalue weighted by atomic mass is 32.2. The number of anilines is 2. The molecule has 0 unspecified atom stereocenters. The first kappa shape index (κ1) is 22.8. The molecule has 8 nitrogen and oxygen atoms in total. The van der Waals surface area contributed by atoms with E-state index in [9.17, 15) is 18.0 Å². The summed E-state index contributed by atoms with van der Waals surface area (Å²) in [6.45, 7) is 2.60. The molecule has 1 saturated heterocycles. The summed E-state index contributed by atoms with van der Waals surface area (Å²) in [5.41, 5.74) is 0.993. The normalized spacial score (nSPS) is 17.0. The topological polar surface area (TPSA) is 105 Å². The Labute approximate surface area is 182 Å². The van der Waals surface area contributed by atoms with E-state index in [1.54, 1.807) is 54.6 Å². The summed E-state index contributed by atoms with van der Waals surface area (Å²) in [7, 11) is -3.72. The molecule has 2 aromatic carbocycles. The molecule has 2 atom stereocenters. The molecule has 0 bridgehead atoms. The second-order valence-corrected chi connectivity index (χ2v) is 9.31. The van der Waals surface area contributed by atoms with Gasteiger partial charge in [-0.05, 0) is 44.0 Å². The molecular formula is C22H27N3O5S. The average Bonchev–Trinajstić information content (AvgIpc) is 3.26. The van der Waals surface area contributed by atoms with E-state index in [0.717, 1.165) is 23.4 Å². The zero-order chi connectivity index (χ0) is 22.4. The Morgan fingerprint density at radius 1 is 1.13 bits per heavy atom.